The molecule has 1 aromatic rings. The number of methoxy groups -OCH3 is 1. The van der Waals surface area contributed by atoms with Crippen LogP contribution in [0.1, 0.15) is 57.8 Å². The molecule has 1 aliphatic rings. The molecule has 19 heavy (non-hydrogen) atoms. The highest BCUT2D eigenvalue weighted by molar-refractivity contribution is 5.53. The Morgan fingerprint density at radius 2 is 2.00 bits per heavy atom. The van der Waals surface area contributed by atoms with Crippen LogP contribution < -0.4 is 9.47 Å². The minimum Gasteiger partial charge on any atom is -0.497 e. The van der Waals surface area contributed by atoms with Crippen molar-refractivity contribution in [3.63, 3.8) is 0 Å². The standard InChI is InChI=1S/C16H24O3/c1-6-7-13-14(17)11-8-10(18-5)9-12(15(11)19-13)16(2,3)4/h8-9,13-14,17H,6-7H2,1-5H3. The zero-order valence-electron chi connectivity index (χ0n) is 12.5. The number of hydrogen-bond acceptors (Lipinski definition) is 3. The van der Waals surface area contributed by atoms with E-state index in [0.717, 1.165) is 35.5 Å². The molecular weight excluding hydrogens is 240 g/mol. The molecule has 2 unspecified atom stereocenters. The van der Waals surface area contributed by atoms with E-state index in [9.17, 15) is 5.11 Å². The molecule has 0 aliphatic carbocycles. The molecule has 1 aromatic carbocycles. The molecule has 0 spiro atoms. The van der Waals surface area contributed by atoms with E-state index in [0.29, 0.717) is 0 Å². The molecule has 0 radical (unpaired) electrons. The van der Waals surface area contributed by atoms with Crippen molar-refractivity contribution in [2.75, 3.05) is 7.11 Å². The van der Waals surface area contributed by atoms with Crippen LogP contribution in [0.2, 0.25) is 0 Å². The second-order valence-electron chi connectivity index (χ2n) is 6.23. The maximum absolute atomic E-state index is 10.4. The molecule has 3 heteroatoms. The fraction of sp³-hybridized carbons (Fsp3) is 0.625. The van der Waals surface area contributed by atoms with Crippen LogP contribution in [0.15, 0.2) is 12.1 Å². The van der Waals surface area contributed by atoms with Crippen LogP contribution >= 0.6 is 0 Å². The summed E-state index contributed by atoms with van der Waals surface area (Å²) in [5, 5.41) is 10.4. The van der Waals surface area contributed by atoms with Gasteiger partial charge in [-0.15, -0.1) is 0 Å². The maximum Gasteiger partial charge on any atom is 0.129 e. The van der Waals surface area contributed by atoms with Crippen LogP contribution in [0.5, 0.6) is 11.5 Å². The highest BCUT2D eigenvalue weighted by Gasteiger charge is 2.36. The maximum atomic E-state index is 10.4. The third-order valence-electron chi connectivity index (χ3n) is 3.65. The highest BCUT2D eigenvalue weighted by atomic mass is 16.5. The smallest absolute Gasteiger partial charge is 0.129 e. The van der Waals surface area contributed by atoms with Crippen molar-refractivity contribution >= 4 is 0 Å². The van der Waals surface area contributed by atoms with Gasteiger partial charge in [0.05, 0.1) is 7.11 Å². The molecule has 106 valence electrons. The van der Waals surface area contributed by atoms with Gasteiger partial charge in [0.2, 0.25) is 0 Å². The van der Waals surface area contributed by atoms with Crippen LogP contribution in [0.25, 0.3) is 0 Å². The Morgan fingerprint density at radius 3 is 2.53 bits per heavy atom. The van der Waals surface area contributed by atoms with Gasteiger partial charge in [0.1, 0.15) is 23.7 Å². The van der Waals surface area contributed by atoms with E-state index in [1.54, 1.807) is 7.11 Å². The number of fused-ring (bicyclic) bond motifs is 1. The van der Waals surface area contributed by atoms with Crippen molar-refractivity contribution in [1.82, 2.24) is 0 Å². The lowest BCUT2D eigenvalue weighted by Crippen LogP contribution is -2.18. The van der Waals surface area contributed by atoms with Gasteiger partial charge in [0.25, 0.3) is 0 Å². The van der Waals surface area contributed by atoms with Gasteiger partial charge in [0, 0.05) is 11.1 Å². The molecule has 0 fully saturated rings. The van der Waals surface area contributed by atoms with Crippen molar-refractivity contribution in [2.45, 2.75) is 58.2 Å². The van der Waals surface area contributed by atoms with Crippen molar-refractivity contribution in [1.29, 1.82) is 0 Å². The average Bonchev–Trinajstić information content (AvgIpc) is 2.65. The summed E-state index contributed by atoms with van der Waals surface area (Å²) >= 11 is 0. The fourth-order valence-corrected chi connectivity index (χ4v) is 2.57. The van der Waals surface area contributed by atoms with Crippen molar-refractivity contribution in [3.8, 4) is 11.5 Å². The molecule has 1 N–H and O–H groups in total. The van der Waals surface area contributed by atoms with Gasteiger partial charge < -0.3 is 14.6 Å². The number of rotatable bonds is 3. The summed E-state index contributed by atoms with van der Waals surface area (Å²) in [5.74, 6) is 1.63. The van der Waals surface area contributed by atoms with Crippen molar-refractivity contribution in [2.24, 2.45) is 0 Å². The third kappa shape index (κ3) is 2.57. The van der Waals surface area contributed by atoms with Gasteiger partial charge in [-0.1, -0.05) is 34.1 Å². The van der Waals surface area contributed by atoms with Crippen LogP contribution in [0, 0.1) is 0 Å². The molecular formula is C16H24O3. The number of aliphatic hydroxyl groups is 1. The van der Waals surface area contributed by atoms with Gasteiger partial charge >= 0.3 is 0 Å². The van der Waals surface area contributed by atoms with Gasteiger partial charge in [-0.2, -0.15) is 0 Å². The largest absolute Gasteiger partial charge is 0.497 e. The Kier molecular flexibility index (Phi) is 3.77. The van der Waals surface area contributed by atoms with E-state index < -0.39 is 6.10 Å². The lowest BCUT2D eigenvalue weighted by atomic mass is 9.84. The number of ether oxygens (including phenoxy) is 2. The van der Waals surface area contributed by atoms with Gasteiger partial charge in [0.15, 0.2) is 0 Å². The lowest BCUT2D eigenvalue weighted by Gasteiger charge is -2.23. The number of benzene rings is 1. The van der Waals surface area contributed by atoms with E-state index >= 15 is 0 Å². The summed E-state index contributed by atoms with van der Waals surface area (Å²) in [7, 11) is 1.65. The summed E-state index contributed by atoms with van der Waals surface area (Å²) in [6.45, 7) is 8.53. The molecule has 0 saturated heterocycles. The highest BCUT2D eigenvalue weighted by Crippen LogP contribution is 2.46. The Bertz CT molecular complexity index is 460. The second-order valence-corrected chi connectivity index (χ2v) is 6.23. The van der Waals surface area contributed by atoms with E-state index in [2.05, 4.69) is 27.7 Å². The predicted octanol–water partition coefficient (Wildman–Crippen LogP) is 3.59. The fourth-order valence-electron chi connectivity index (χ4n) is 2.57. The van der Waals surface area contributed by atoms with E-state index in [1.165, 1.54) is 0 Å². The number of aliphatic hydroxyl groups excluding tert-OH is 1. The number of hydrogen-bond donors (Lipinski definition) is 1. The normalized spacial score (nSPS) is 22.0. The zero-order valence-corrected chi connectivity index (χ0v) is 12.5. The third-order valence-corrected chi connectivity index (χ3v) is 3.65. The van der Waals surface area contributed by atoms with Crippen LogP contribution in [-0.4, -0.2) is 18.3 Å². The summed E-state index contributed by atoms with van der Waals surface area (Å²) < 4.78 is 11.4. The van der Waals surface area contributed by atoms with E-state index in [4.69, 9.17) is 9.47 Å². The quantitative estimate of drug-likeness (QED) is 0.906. The first-order chi connectivity index (χ1) is 8.88. The lowest BCUT2D eigenvalue weighted by molar-refractivity contribution is 0.0610. The molecule has 2 atom stereocenters. The van der Waals surface area contributed by atoms with E-state index in [-0.39, 0.29) is 11.5 Å². The van der Waals surface area contributed by atoms with Gasteiger partial charge in [-0.05, 0) is 24.0 Å². The van der Waals surface area contributed by atoms with Crippen LogP contribution in [0.3, 0.4) is 0 Å². The Labute approximate surface area is 115 Å². The first-order valence-electron chi connectivity index (χ1n) is 6.95. The summed E-state index contributed by atoms with van der Waals surface area (Å²) in [6.07, 6.45) is 1.18. The predicted molar refractivity (Wildman–Crippen MR) is 76.0 cm³/mol. The topological polar surface area (TPSA) is 38.7 Å². The van der Waals surface area contributed by atoms with Crippen molar-refractivity contribution < 1.29 is 14.6 Å². The first kappa shape index (κ1) is 14.2. The minimum atomic E-state index is -0.550. The molecule has 1 aliphatic heterocycles. The molecule has 1 heterocycles. The Hall–Kier alpha value is -1.22. The van der Waals surface area contributed by atoms with Crippen molar-refractivity contribution in [3.05, 3.63) is 23.3 Å². The summed E-state index contributed by atoms with van der Waals surface area (Å²) in [4.78, 5) is 0. The van der Waals surface area contributed by atoms with Crippen LogP contribution in [-0.2, 0) is 5.41 Å². The van der Waals surface area contributed by atoms with Crippen LogP contribution in [0.4, 0.5) is 0 Å². The Morgan fingerprint density at radius 1 is 1.32 bits per heavy atom. The van der Waals surface area contributed by atoms with Gasteiger partial charge in [-0.25, -0.2) is 0 Å². The molecule has 3 nitrogen and oxygen atoms in total. The summed E-state index contributed by atoms with van der Waals surface area (Å²) in [6, 6.07) is 3.91. The molecule has 0 aromatic heterocycles. The Balaban J connectivity index is 2.50. The molecule has 0 bridgehead atoms. The SMILES string of the molecule is CCCC1Oc2c(cc(OC)cc2C(C)(C)C)C1O. The van der Waals surface area contributed by atoms with E-state index in [1.807, 2.05) is 12.1 Å². The minimum absolute atomic E-state index is 0.0422. The monoisotopic (exact) mass is 264 g/mol. The molecule has 2 rings (SSSR count). The molecule has 0 amide bonds. The second kappa shape index (κ2) is 5.04. The molecule has 0 saturated carbocycles. The summed E-state index contributed by atoms with van der Waals surface area (Å²) in [5.41, 5.74) is 1.92. The van der Waals surface area contributed by atoms with Gasteiger partial charge in [-0.3, -0.25) is 0 Å². The first-order valence-corrected chi connectivity index (χ1v) is 6.95. The zero-order chi connectivity index (χ0) is 14.2. The average molecular weight is 264 g/mol.